The Morgan fingerprint density at radius 2 is 2.11 bits per heavy atom. The Labute approximate surface area is 109 Å². The van der Waals surface area contributed by atoms with Crippen LogP contribution in [-0.4, -0.2) is 33.9 Å². The van der Waals surface area contributed by atoms with Gasteiger partial charge in [-0.05, 0) is 18.6 Å². The number of carboxylic acid groups (broad SMARTS) is 1. The highest BCUT2D eigenvalue weighted by atomic mass is 16.4. The van der Waals surface area contributed by atoms with Crippen LogP contribution in [0.1, 0.15) is 18.5 Å². The maximum absolute atomic E-state index is 11.6. The number of aromatic nitrogens is 1. The highest BCUT2D eigenvalue weighted by Crippen LogP contribution is 1.99. The van der Waals surface area contributed by atoms with Crippen LogP contribution in [-0.2, 0) is 20.8 Å². The molecule has 7 nitrogen and oxygen atoms in total. The predicted molar refractivity (Wildman–Crippen MR) is 65.9 cm³/mol. The van der Waals surface area contributed by atoms with E-state index in [0.29, 0.717) is 6.42 Å². The SMILES string of the molecule is NC(=O)C[C@H](NC(=O)CCc1ccccn1)C(=O)O. The van der Waals surface area contributed by atoms with Gasteiger partial charge in [-0.2, -0.15) is 0 Å². The second-order valence-corrected chi connectivity index (χ2v) is 3.95. The predicted octanol–water partition coefficient (Wildman–Crippen LogP) is -0.541. The minimum absolute atomic E-state index is 0.0968. The molecule has 0 bridgehead atoms. The van der Waals surface area contributed by atoms with Crippen LogP contribution in [0.5, 0.6) is 0 Å². The van der Waals surface area contributed by atoms with Crippen molar-refractivity contribution >= 4 is 17.8 Å². The number of aliphatic carboxylic acids is 1. The standard InChI is InChI=1S/C12H15N3O4/c13-10(16)7-9(12(18)19)15-11(17)5-4-8-3-1-2-6-14-8/h1-3,6,9H,4-5,7H2,(H2,13,16)(H,15,17)(H,18,19)/t9-/m0/s1. The van der Waals surface area contributed by atoms with Gasteiger partial charge in [-0.15, -0.1) is 0 Å². The van der Waals surface area contributed by atoms with Crippen LogP contribution < -0.4 is 11.1 Å². The Kier molecular flexibility index (Phi) is 5.46. The lowest BCUT2D eigenvalue weighted by Gasteiger charge is -2.12. The van der Waals surface area contributed by atoms with Crippen molar-refractivity contribution < 1.29 is 19.5 Å². The van der Waals surface area contributed by atoms with E-state index in [-0.39, 0.29) is 6.42 Å². The number of primary amides is 1. The minimum Gasteiger partial charge on any atom is -0.480 e. The third-order valence-corrected chi connectivity index (χ3v) is 2.37. The third kappa shape index (κ3) is 5.62. The molecule has 1 aromatic rings. The summed E-state index contributed by atoms with van der Waals surface area (Å²) in [4.78, 5) is 37.1. The van der Waals surface area contributed by atoms with Crippen LogP contribution in [0, 0.1) is 0 Å². The van der Waals surface area contributed by atoms with Crippen molar-refractivity contribution in [2.24, 2.45) is 5.73 Å². The molecule has 1 atom stereocenters. The summed E-state index contributed by atoms with van der Waals surface area (Å²) in [7, 11) is 0. The van der Waals surface area contributed by atoms with Gasteiger partial charge in [0.05, 0.1) is 6.42 Å². The molecule has 0 aliphatic carbocycles. The Morgan fingerprint density at radius 3 is 2.63 bits per heavy atom. The smallest absolute Gasteiger partial charge is 0.326 e. The van der Waals surface area contributed by atoms with Gasteiger partial charge in [-0.1, -0.05) is 6.07 Å². The van der Waals surface area contributed by atoms with Gasteiger partial charge in [0.2, 0.25) is 11.8 Å². The van der Waals surface area contributed by atoms with Crippen molar-refractivity contribution in [3.63, 3.8) is 0 Å². The number of rotatable bonds is 7. The summed E-state index contributed by atoms with van der Waals surface area (Å²) in [6.45, 7) is 0. The van der Waals surface area contributed by atoms with E-state index in [0.717, 1.165) is 5.69 Å². The average Bonchev–Trinajstić information content (AvgIpc) is 2.36. The fourth-order valence-electron chi connectivity index (χ4n) is 1.46. The van der Waals surface area contributed by atoms with Crippen molar-refractivity contribution in [1.29, 1.82) is 0 Å². The molecule has 19 heavy (non-hydrogen) atoms. The van der Waals surface area contributed by atoms with Crippen molar-refractivity contribution in [3.8, 4) is 0 Å². The zero-order valence-corrected chi connectivity index (χ0v) is 10.2. The van der Waals surface area contributed by atoms with Crippen molar-refractivity contribution in [1.82, 2.24) is 10.3 Å². The van der Waals surface area contributed by atoms with Crippen LogP contribution >= 0.6 is 0 Å². The van der Waals surface area contributed by atoms with E-state index in [2.05, 4.69) is 10.3 Å². The number of nitrogens with zero attached hydrogens (tertiary/aromatic N) is 1. The second kappa shape index (κ2) is 7.10. The van der Waals surface area contributed by atoms with Crippen molar-refractivity contribution in [2.45, 2.75) is 25.3 Å². The molecule has 0 aliphatic rings. The maximum atomic E-state index is 11.6. The summed E-state index contributed by atoms with van der Waals surface area (Å²) in [6.07, 6.45) is 1.68. The molecule has 0 spiro atoms. The quantitative estimate of drug-likeness (QED) is 0.611. The Hall–Kier alpha value is -2.44. The monoisotopic (exact) mass is 265 g/mol. The Bertz CT molecular complexity index is 461. The van der Waals surface area contributed by atoms with Crippen LogP contribution in [0.3, 0.4) is 0 Å². The molecule has 0 radical (unpaired) electrons. The molecule has 2 amide bonds. The molecule has 7 heteroatoms. The number of nitrogens with one attached hydrogen (secondary N) is 1. The van der Waals surface area contributed by atoms with Crippen LogP contribution in [0.15, 0.2) is 24.4 Å². The highest BCUT2D eigenvalue weighted by Gasteiger charge is 2.21. The van der Waals surface area contributed by atoms with E-state index in [1.807, 2.05) is 0 Å². The molecule has 0 saturated heterocycles. The fourth-order valence-corrected chi connectivity index (χ4v) is 1.46. The summed E-state index contributed by atoms with van der Waals surface area (Å²) in [5.74, 6) is -2.53. The zero-order chi connectivity index (χ0) is 14.3. The number of carboxylic acids is 1. The summed E-state index contributed by atoms with van der Waals surface area (Å²) >= 11 is 0. The summed E-state index contributed by atoms with van der Waals surface area (Å²) in [5, 5.41) is 11.1. The number of nitrogens with two attached hydrogens (primary N) is 1. The first-order chi connectivity index (χ1) is 8.99. The van der Waals surface area contributed by atoms with Gasteiger partial charge in [-0.25, -0.2) is 4.79 Å². The number of amides is 2. The number of pyridine rings is 1. The first kappa shape index (κ1) is 14.6. The second-order valence-electron chi connectivity index (χ2n) is 3.95. The summed E-state index contributed by atoms with van der Waals surface area (Å²) in [5.41, 5.74) is 5.64. The van der Waals surface area contributed by atoms with Gasteiger partial charge in [0, 0.05) is 18.3 Å². The van der Waals surface area contributed by atoms with E-state index in [9.17, 15) is 14.4 Å². The van der Waals surface area contributed by atoms with E-state index in [1.165, 1.54) is 0 Å². The number of carbonyl (C=O) groups is 3. The molecule has 4 N–H and O–H groups in total. The molecule has 102 valence electrons. The molecule has 1 rings (SSSR count). The molecule has 0 aromatic carbocycles. The van der Waals surface area contributed by atoms with Gasteiger partial charge >= 0.3 is 5.97 Å². The molecule has 0 aliphatic heterocycles. The molecule has 0 saturated carbocycles. The first-order valence-electron chi connectivity index (χ1n) is 5.69. The van der Waals surface area contributed by atoms with Crippen LogP contribution in [0.25, 0.3) is 0 Å². The Balaban J connectivity index is 2.45. The van der Waals surface area contributed by atoms with E-state index in [4.69, 9.17) is 10.8 Å². The average molecular weight is 265 g/mol. The van der Waals surface area contributed by atoms with Gasteiger partial charge < -0.3 is 16.2 Å². The number of hydrogen-bond donors (Lipinski definition) is 3. The molecule has 1 heterocycles. The summed E-state index contributed by atoms with van der Waals surface area (Å²) < 4.78 is 0. The molecule has 1 aromatic heterocycles. The van der Waals surface area contributed by atoms with Gasteiger partial charge in [0.1, 0.15) is 6.04 Å². The van der Waals surface area contributed by atoms with Crippen molar-refractivity contribution in [2.75, 3.05) is 0 Å². The van der Waals surface area contributed by atoms with Gasteiger partial charge in [0.15, 0.2) is 0 Å². The highest BCUT2D eigenvalue weighted by molar-refractivity contribution is 5.88. The molecular weight excluding hydrogens is 250 g/mol. The van der Waals surface area contributed by atoms with Crippen LogP contribution in [0.2, 0.25) is 0 Å². The first-order valence-corrected chi connectivity index (χ1v) is 5.69. The molecule has 0 unspecified atom stereocenters. The maximum Gasteiger partial charge on any atom is 0.326 e. The molecule has 0 fully saturated rings. The lowest BCUT2D eigenvalue weighted by molar-refractivity contribution is -0.143. The topological polar surface area (TPSA) is 122 Å². The van der Waals surface area contributed by atoms with Gasteiger partial charge in [-0.3, -0.25) is 14.6 Å². The Morgan fingerprint density at radius 1 is 1.37 bits per heavy atom. The number of aryl methyl sites for hydroxylation is 1. The van der Waals surface area contributed by atoms with Gasteiger partial charge in [0.25, 0.3) is 0 Å². The van der Waals surface area contributed by atoms with E-state index in [1.54, 1.807) is 24.4 Å². The number of hydrogen-bond acceptors (Lipinski definition) is 4. The third-order valence-electron chi connectivity index (χ3n) is 2.37. The van der Waals surface area contributed by atoms with E-state index >= 15 is 0 Å². The number of carbonyl (C=O) groups excluding carboxylic acids is 2. The fraction of sp³-hybridized carbons (Fsp3) is 0.333. The largest absolute Gasteiger partial charge is 0.480 e. The minimum atomic E-state index is -1.29. The normalized spacial score (nSPS) is 11.6. The van der Waals surface area contributed by atoms with Crippen molar-refractivity contribution in [3.05, 3.63) is 30.1 Å². The lowest BCUT2D eigenvalue weighted by atomic mass is 10.1. The lowest BCUT2D eigenvalue weighted by Crippen LogP contribution is -2.43. The molecular formula is C12H15N3O4. The zero-order valence-electron chi connectivity index (χ0n) is 10.2. The van der Waals surface area contributed by atoms with E-state index < -0.39 is 30.2 Å². The van der Waals surface area contributed by atoms with Crippen LogP contribution in [0.4, 0.5) is 0 Å². The summed E-state index contributed by atoms with van der Waals surface area (Å²) in [6, 6.07) is 4.05.